The fraction of sp³-hybridized carbons (Fsp3) is 0.455. The lowest BCUT2D eigenvalue weighted by molar-refractivity contribution is 0.579. The number of hydrogen-bond acceptors (Lipinski definition) is 4. The third kappa shape index (κ3) is 3.47. The molecule has 1 aromatic rings. The number of hydrogen-bond donors (Lipinski definition) is 2. The summed E-state index contributed by atoms with van der Waals surface area (Å²) in [6.45, 7) is 0.443. The van der Waals surface area contributed by atoms with Crippen LogP contribution in [-0.2, 0) is 10.0 Å². The average molecular weight is 430 g/mol. The molecule has 4 nitrogen and oxygen atoms in total. The first-order valence-corrected chi connectivity index (χ1v) is 9.88. The van der Waals surface area contributed by atoms with Gasteiger partial charge in [-0.3, -0.25) is 0 Å². The number of halogens is 2. The van der Waals surface area contributed by atoms with E-state index in [1.54, 1.807) is 23.9 Å². The van der Waals surface area contributed by atoms with E-state index in [4.69, 9.17) is 5.73 Å². The Morgan fingerprint density at radius 1 is 1.42 bits per heavy atom. The van der Waals surface area contributed by atoms with E-state index in [0.717, 1.165) is 17.3 Å². The molecule has 2 rings (SSSR count). The van der Waals surface area contributed by atoms with Crippen LogP contribution in [0.5, 0.6) is 0 Å². The second-order valence-electron chi connectivity index (χ2n) is 4.52. The van der Waals surface area contributed by atoms with Gasteiger partial charge in [-0.15, -0.1) is 0 Å². The van der Waals surface area contributed by atoms with Crippen molar-refractivity contribution in [2.45, 2.75) is 22.5 Å². The van der Waals surface area contributed by atoms with Gasteiger partial charge in [0.2, 0.25) is 10.0 Å². The van der Waals surface area contributed by atoms with Crippen molar-refractivity contribution in [3.63, 3.8) is 0 Å². The molecule has 0 radical (unpaired) electrons. The minimum absolute atomic E-state index is 0.0731. The van der Waals surface area contributed by atoms with Crippen LogP contribution in [0.2, 0.25) is 0 Å². The van der Waals surface area contributed by atoms with Gasteiger partial charge in [-0.05, 0) is 47.2 Å². The Morgan fingerprint density at radius 2 is 2.05 bits per heavy atom. The number of nitrogens with one attached hydrogen (secondary N) is 1. The first kappa shape index (κ1) is 15.6. The summed E-state index contributed by atoms with van der Waals surface area (Å²) in [7, 11) is -3.60. The molecule has 0 heterocycles. The van der Waals surface area contributed by atoms with E-state index in [9.17, 15) is 8.42 Å². The van der Waals surface area contributed by atoms with Gasteiger partial charge in [0.1, 0.15) is 4.90 Å². The maximum atomic E-state index is 12.3. The molecule has 0 spiro atoms. The first-order valence-electron chi connectivity index (χ1n) is 5.59. The molecule has 0 aromatic heterocycles. The van der Waals surface area contributed by atoms with Crippen LogP contribution in [-0.4, -0.2) is 26.0 Å². The van der Waals surface area contributed by atoms with Crippen molar-refractivity contribution < 1.29 is 8.42 Å². The van der Waals surface area contributed by atoms with Crippen LogP contribution < -0.4 is 10.5 Å². The zero-order valence-electron chi connectivity index (χ0n) is 10.2. The highest BCUT2D eigenvalue weighted by atomic mass is 79.9. The molecular formula is C11H14Br2N2O2S2. The lowest BCUT2D eigenvalue weighted by Gasteiger charge is -2.15. The van der Waals surface area contributed by atoms with Gasteiger partial charge in [-0.2, -0.15) is 11.8 Å². The van der Waals surface area contributed by atoms with E-state index in [1.807, 2.05) is 6.26 Å². The Labute approximate surface area is 134 Å². The van der Waals surface area contributed by atoms with E-state index in [2.05, 4.69) is 36.6 Å². The maximum absolute atomic E-state index is 12.3. The van der Waals surface area contributed by atoms with Crippen molar-refractivity contribution in [2.75, 3.05) is 18.5 Å². The molecule has 1 aliphatic rings. The molecule has 0 atom stereocenters. The Kier molecular flexibility index (Phi) is 4.57. The van der Waals surface area contributed by atoms with Gasteiger partial charge in [0.25, 0.3) is 0 Å². The van der Waals surface area contributed by atoms with Gasteiger partial charge in [0.05, 0.1) is 5.69 Å². The fourth-order valence-corrected chi connectivity index (χ4v) is 5.77. The number of benzene rings is 1. The molecular weight excluding hydrogens is 416 g/mol. The van der Waals surface area contributed by atoms with Gasteiger partial charge >= 0.3 is 0 Å². The van der Waals surface area contributed by atoms with E-state index in [1.165, 1.54) is 0 Å². The lowest BCUT2D eigenvalue weighted by Crippen LogP contribution is -2.32. The van der Waals surface area contributed by atoms with Crippen molar-refractivity contribution in [1.29, 1.82) is 0 Å². The number of nitrogens with two attached hydrogens (primary N) is 1. The molecule has 106 valence electrons. The molecule has 0 bridgehead atoms. The smallest absolute Gasteiger partial charge is 0.243 e. The molecule has 0 aliphatic heterocycles. The minimum atomic E-state index is -3.60. The van der Waals surface area contributed by atoms with Crippen LogP contribution in [0.3, 0.4) is 0 Å². The van der Waals surface area contributed by atoms with Crippen LogP contribution in [0.1, 0.15) is 12.8 Å². The molecule has 8 heteroatoms. The molecule has 3 N–H and O–H groups in total. The van der Waals surface area contributed by atoms with Crippen molar-refractivity contribution in [2.24, 2.45) is 0 Å². The average Bonchev–Trinajstić information content (AvgIpc) is 3.05. The summed E-state index contributed by atoms with van der Waals surface area (Å²) in [5.41, 5.74) is 6.04. The number of sulfonamides is 1. The summed E-state index contributed by atoms with van der Waals surface area (Å²) < 4.78 is 28.6. The van der Waals surface area contributed by atoms with Gasteiger partial charge in [-0.1, -0.05) is 15.9 Å². The summed E-state index contributed by atoms with van der Waals surface area (Å²) in [5, 5.41) is 0. The summed E-state index contributed by atoms with van der Waals surface area (Å²) in [6.07, 6.45) is 4.10. The Hall–Kier alpha value is 0.240. The van der Waals surface area contributed by atoms with E-state index >= 15 is 0 Å². The molecule has 19 heavy (non-hydrogen) atoms. The van der Waals surface area contributed by atoms with Gasteiger partial charge in [0.15, 0.2) is 0 Å². The van der Waals surface area contributed by atoms with E-state index in [0.29, 0.717) is 11.0 Å². The van der Waals surface area contributed by atoms with Gasteiger partial charge < -0.3 is 5.73 Å². The fourth-order valence-electron chi connectivity index (χ4n) is 1.75. The Morgan fingerprint density at radius 3 is 2.53 bits per heavy atom. The minimum Gasteiger partial charge on any atom is -0.398 e. The standard InChI is InChI=1S/C11H14Br2N2O2S2/c1-18-11(2-3-11)6-15-19(16,17)10-8(13)4-7(12)5-9(10)14/h4-5,15H,2-3,6,14H2,1H3. The number of rotatable bonds is 5. The number of anilines is 1. The zero-order valence-corrected chi connectivity index (χ0v) is 15.0. The summed E-state index contributed by atoms with van der Waals surface area (Å²) in [6, 6.07) is 3.26. The number of thioether (sulfide) groups is 1. The normalized spacial score (nSPS) is 17.4. The van der Waals surface area contributed by atoms with Gasteiger partial charge in [0, 0.05) is 20.2 Å². The van der Waals surface area contributed by atoms with Crippen LogP contribution in [0.15, 0.2) is 26.0 Å². The largest absolute Gasteiger partial charge is 0.398 e. The van der Waals surface area contributed by atoms with Crippen LogP contribution in [0, 0.1) is 0 Å². The Balaban J connectivity index is 2.25. The van der Waals surface area contributed by atoms with Crippen molar-refractivity contribution >= 4 is 59.3 Å². The molecule has 1 aliphatic carbocycles. The molecule has 0 saturated heterocycles. The third-order valence-electron chi connectivity index (χ3n) is 3.13. The molecule has 0 amide bonds. The molecule has 0 unspecified atom stereocenters. The van der Waals surface area contributed by atoms with Crippen molar-refractivity contribution in [1.82, 2.24) is 4.72 Å². The van der Waals surface area contributed by atoms with E-state index in [-0.39, 0.29) is 15.3 Å². The van der Waals surface area contributed by atoms with Crippen LogP contribution in [0.25, 0.3) is 0 Å². The maximum Gasteiger partial charge on any atom is 0.243 e. The van der Waals surface area contributed by atoms with Crippen molar-refractivity contribution in [3.05, 3.63) is 21.1 Å². The molecule has 1 aromatic carbocycles. The number of nitrogen functional groups attached to an aromatic ring is 1. The summed E-state index contributed by atoms with van der Waals surface area (Å²) >= 11 is 8.24. The molecule has 1 fully saturated rings. The highest BCUT2D eigenvalue weighted by Gasteiger charge is 2.42. The third-order valence-corrected chi connectivity index (χ3v) is 7.41. The Bertz CT molecular complexity index is 578. The van der Waals surface area contributed by atoms with Crippen LogP contribution in [0.4, 0.5) is 5.69 Å². The second kappa shape index (κ2) is 5.55. The predicted molar refractivity (Wildman–Crippen MR) is 86.9 cm³/mol. The predicted octanol–water partition coefficient (Wildman–Crippen LogP) is 2.97. The first-order chi connectivity index (χ1) is 8.80. The lowest BCUT2D eigenvalue weighted by atomic mass is 10.3. The molecule has 1 saturated carbocycles. The highest BCUT2D eigenvalue weighted by molar-refractivity contribution is 9.11. The van der Waals surface area contributed by atoms with Crippen LogP contribution >= 0.6 is 43.6 Å². The summed E-state index contributed by atoms with van der Waals surface area (Å²) in [5.74, 6) is 0. The highest BCUT2D eigenvalue weighted by Crippen LogP contribution is 2.46. The SMILES string of the molecule is CSC1(CNS(=O)(=O)c2c(N)cc(Br)cc2Br)CC1. The summed E-state index contributed by atoms with van der Waals surface area (Å²) in [4.78, 5) is 0.104. The second-order valence-corrected chi connectivity index (χ2v) is 9.27. The quantitative estimate of drug-likeness (QED) is 0.705. The van der Waals surface area contributed by atoms with Crippen molar-refractivity contribution in [3.8, 4) is 0 Å². The zero-order chi connectivity index (χ0) is 14.3. The topological polar surface area (TPSA) is 72.2 Å². The van der Waals surface area contributed by atoms with E-state index < -0.39 is 10.0 Å². The van der Waals surface area contributed by atoms with Gasteiger partial charge in [-0.25, -0.2) is 13.1 Å². The monoisotopic (exact) mass is 428 g/mol.